The van der Waals surface area contributed by atoms with Gasteiger partial charge in [0.25, 0.3) is 0 Å². The van der Waals surface area contributed by atoms with Crippen molar-refractivity contribution in [2.75, 3.05) is 0 Å². The summed E-state index contributed by atoms with van der Waals surface area (Å²) in [6, 6.07) is 11.0. The van der Waals surface area contributed by atoms with E-state index in [4.69, 9.17) is 0 Å². The van der Waals surface area contributed by atoms with Crippen LogP contribution in [0.15, 0.2) is 54.8 Å². The second kappa shape index (κ2) is 9.78. The summed E-state index contributed by atoms with van der Waals surface area (Å²) in [5.41, 5.74) is 2.52. The van der Waals surface area contributed by atoms with Gasteiger partial charge in [0.05, 0.1) is 0 Å². The van der Waals surface area contributed by atoms with E-state index >= 15 is 0 Å². The maximum absolute atomic E-state index is 3.92. The molecular weight excluding hydrogens is 268 g/mol. The van der Waals surface area contributed by atoms with Crippen LogP contribution in [0.4, 0.5) is 0 Å². The molecule has 1 aromatic rings. The van der Waals surface area contributed by atoms with E-state index in [1.54, 1.807) is 0 Å². The first-order valence-corrected chi connectivity index (χ1v) is 11.5. The Bertz CT molecular complexity index is 417. The van der Waals surface area contributed by atoms with Crippen molar-refractivity contribution in [2.24, 2.45) is 5.92 Å². The normalized spacial score (nSPS) is 13.5. The van der Waals surface area contributed by atoms with Gasteiger partial charge in [-0.1, -0.05) is 99.1 Å². The van der Waals surface area contributed by atoms with Gasteiger partial charge in [0.15, 0.2) is 0 Å². The minimum atomic E-state index is -1.44. The molecule has 1 aromatic carbocycles. The summed E-state index contributed by atoms with van der Waals surface area (Å²) in [5.74, 6) is 0.676. The van der Waals surface area contributed by atoms with Crippen molar-refractivity contribution in [3.05, 3.63) is 54.8 Å². The van der Waals surface area contributed by atoms with E-state index in [1.807, 2.05) is 0 Å². The van der Waals surface area contributed by atoms with Crippen LogP contribution < -0.4 is 5.19 Å². The molecule has 1 heteroatoms. The zero-order chi connectivity index (χ0) is 15.6. The number of hydrogen-bond acceptors (Lipinski definition) is 0. The van der Waals surface area contributed by atoms with Gasteiger partial charge in [-0.3, -0.25) is 0 Å². The molecule has 0 radical (unpaired) electrons. The van der Waals surface area contributed by atoms with Crippen molar-refractivity contribution >= 4 is 13.3 Å². The van der Waals surface area contributed by atoms with Gasteiger partial charge in [-0.2, -0.15) is 0 Å². The molecule has 0 heterocycles. The summed E-state index contributed by atoms with van der Waals surface area (Å²) in [6.07, 6.45) is 12.4. The molecule has 0 saturated carbocycles. The second-order valence-electron chi connectivity index (χ2n) is 6.58. The van der Waals surface area contributed by atoms with Gasteiger partial charge in [-0.05, 0) is 18.8 Å². The van der Waals surface area contributed by atoms with Crippen LogP contribution in [-0.4, -0.2) is 8.07 Å². The summed E-state index contributed by atoms with van der Waals surface area (Å²) < 4.78 is 0. The standard InChI is InChI=1S/C20H32Si/c1-5-7-8-10-14-19(13-6-2)17-18-21(3,4)20-15-11-9-12-16-20/h6,9,11-12,15-19H,2,5,7-8,10,13-14H2,1,3-4H3/b18-17+. The highest BCUT2D eigenvalue weighted by Gasteiger charge is 2.19. The van der Waals surface area contributed by atoms with Crippen molar-refractivity contribution in [2.45, 2.75) is 58.5 Å². The van der Waals surface area contributed by atoms with Gasteiger partial charge < -0.3 is 0 Å². The highest BCUT2D eigenvalue weighted by Crippen LogP contribution is 2.18. The van der Waals surface area contributed by atoms with Gasteiger partial charge in [-0.15, -0.1) is 6.58 Å². The molecule has 0 nitrogen and oxygen atoms in total. The summed E-state index contributed by atoms with van der Waals surface area (Å²) >= 11 is 0. The monoisotopic (exact) mass is 300 g/mol. The molecule has 21 heavy (non-hydrogen) atoms. The lowest BCUT2D eigenvalue weighted by Gasteiger charge is -2.20. The molecule has 0 aliphatic rings. The third-order valence-corrected chi connectivity index (χ3v) is 7.05. The largest absolute Gasteiger partial charge is 0.103 e. The van der Waals surface area contributed by atoms with Crippen LogP contribution in [0, 0.1) is 5.92 Å². The van der Waals surface area contributed by atoms with E-state index < -0.39 is 8.07 Å². The van der Waals surface area contributed by atoms with Crippen molar-refractivity contribution in [1.82, 2.24) is 0 Å². The fourth-order valence-corrected chi connectivity index (χ4v) is 4.68. The first kappa shape index (κ1) is 18.0. The summed E-state index contributed by atoms with van der Waals surface area (Å²) in [6.45, 7) is 11.1. The Labute approximate surface area is 133 Å². The van der Waals surface area contributed by atoms with Crippen LogP contribution >= 0.6 is 0 Å². The predicted octanol–water partition coefficient (Wildman–Crippen LogP) is 5.86. The Morgan fingerprint density at radius 1 is 1.10 bits per heavy atom. The van der Waals surface area contributed by atoms with Crippen molar-refractivity contribution in [1.29, 1.82) is 0 Å². The predicted molar refractivity (Wildman–Crippen MR) is 99.8 cm³/mol. The lowest BCUT2D eigenvalue weighted by Crippen LogP contribution is -2.39. The van der Waals surface area contributed by atoms with Crippen LogP contribution in [0.5, 0.6) is 0 Å². The van der Waals surface area contributed by atoms with E-state index in [-0.39, 0.29) is 0 Å². The molecular formula is C20H32Si. The van der Waals surface area contributed by atoms with Gasteiger partial charge in [-0.25, -0.2) is 0 Å². The molecule has 0 spiro atoms. The average molecular weight is 301 g/mol. The van der Waals surface area contributed by atoms with Crippen molar-refractivity contribution in [3.63, 3.8) is 0 Å². The van der Waals surface area contributed by atoms with Crippen LogP contribution in [0.25, 0.3) is 0 Å². The third kappa shape index (κ3) is 6.95. The zero-order valence-corrected chi connectivity index (χ0v) is 15.1. The minimum absolute atomic E-state index is 0.676. The average Bonchev–Trinajstić information content (AvgIpc) is 2.50. The quantitative estimate of drug-likeness (QED) is 0.288. The van der Waals surface area contributed by atoms with E-state index in [9.17, 15) is 0 Å². The molecule has 0 aromatic heterocycles. The fourth-order valence-electron chi connectivity index (χ4n) is 2.68. The molecule has 0 amide bonds. The number of unbranched alkanes of at least 4 members (excludes halogenated alkanes) is 3. The molecule has 0 aliphatic heterocycles. The zero-order valence-electron chi connectivity index (χ0n) is 14.1. The van der Waals surface area contributed by atoms with Crippen LogP contribution in [0.1, 0.15) is 45.4 Å². The van der Waals surface area contributed by atoms with Gasteiger partial charge >= 0.3 is 0 Å². The maximum atomic E-state index is 3.92. The lowest BCUT2D eigenvalue weighted by molar-refractivity contribution is 0.535. The van der Waals surface area contributed by atoms with E-state index in [0.717, 1.165) is 6.42 Å². The van der Waals surface area contributed by atoms with Crippen molar-refractivity contribution < 1.29 is 0 Å². The Morgan fingerprint density at radius 3 is 2.43 bits per heavy atom. The number of rotatable bonds is 10. The molecule has 0 aliphatic carbocycles. The molecule has 0 fully saturated rings. The third-order valence-electron chi connectivity index (χ3n) is 4.20. The van der Waals surface area contributed by atoms with Crippen LogP contribution in [0.3, 0.4) is 0 Å². The SMILES string of the molecule is C=CCC(/C=C/[Si](C)(C)c1ccccc1)CCCCCC. The molecule has 1 rings (SSSR count). The Hall–Kier alpha value is -1.08. The second-order valence-corrected chi connectivity index (χ2v) is 10.9. The van der Waals surface area contributed by atoms with E-state index in [0.29, 0.717) is 5.92 Å². The highest BCUT2D eigenvalue weighted by molar-refractivity contribution is 6.93. The van der Waals surface area contributed by atoms with Gasteiger partial charge in [0.1, 0.15) is 8.07 Å². The highest BCUT2D eigenvalue weighted by atomic mass is 28.3. The summed E-state index contributed by atoms with van der Waals surface area (Å²) in [4.78, 5) is 0. The Kier molecular flexibility index (Phi) is 8.37. The number of benzene rings is 1. The summed E-state index contributed by atoms with van der Waals surface area (Å²) in [5, 5.41) is 1.52. The molecule has 0 saturated heterocycles. The minimum Gasteiger partial charge on any atom is -0.103 e. The fraction of sp³-hybridized carbons (Fsp3) is 0.500. The van der Waals surface area contributed by atoms with Crippen LogP contribution in [0.2, 0.25) is 13.1 Å². The Morgan fingerprint density at radius 2 is 1.81 bits per heavy atom. The number of hydrogen-bond donors (Lipinski definition) is 0. The molecule has 1 atom stereocenters. The lowest BCUT2D eigenvalue weighted by atomic mass is 9.98. The molecule has 116 valence electrons. The van der Waals surface area contributed by atoms with Crippen molar-refractivity contribution in [3.8, 4) is 0 Å². The molecule has 0 N–H and O–H groups in total. The smallest absolute Gasteiger partial charge is 0.103 e. The van der Waals surface area contributed by atoms with E-state index in [2.05, 4.69) is 74.8 Å². The number of allylic oxidation sites excluding steroid dienone is 2. The van der Waals surface area contributed by atoms with Crippen LogP contribution in [-0.2, 0) is 0 Å². The maximum Gasteiger partial charge on any atom is 0.103 e. The first-order valence-electron chi connectivity index (χ1n) is 8.46. The molecule has 0 bridgehead atoms. The van der Waals surface area contributed by atoms with Gasteiger partial charge in [0, 0.05) is 0 Å². The topological polar surface area (TPSA) is 0 Å². The summed E-state index contributed by atoms with van der Waals surface area (Å²) in [7, 11) is -1.44. The molecule has 1 unspecified atom stereocenters. The van der Waals surface area contributed by atoms with Gasteiger partial charge in [0.2, 0.25) is 0 Å². The van der Waals surface area contributed by atoms with E-state index in [1.165, 1.54) is 37.3 Å². The first-order chi connectivity index (χ1) is 10.1. The Balaban J connectivity index is 2.61.